The third-order valence-electron chi connectivity index (χ3n) is 2.41. The highest BCUT2D eigenvalue weighted by Gasteiger charge is 2.00. The van der Waals surface area contributed by atoms with E-state index in [1.807, 2.05) is 12.1 Å². The molecular weight excluding hydrogens is 283 g/mol. The molecule has 4 heteroatoms. The fourth-order valence-electron chi connectivity index (χ4n) is 1.52. The number of aromatic nitrogens is 1. The minimum atomic E-state index is -0.236. The third-order valence-corrected chi connectivity index (χ3v) is 3.10. The number of hydrogen-bond acceptors (Lipinski definition) is 2. The molecule has 0 saturated heterocycles. The van der Waals surface area contributed by atoms with Gasteiger partial charge in [0.15, 0.2) is 0 Å². The second-order valence-corrected chi connectivity index (χ2v) is 4.51. The highest BCUT2D eigenvalue weighted by atomic mass is 79.9. The van der Waals surface area contributed by atoms with Crippen molar-refractivity contribution >= 4 is 21.6 Å². The number of halogens is 2. The van der Waals surface area contributed by atoms with Gasteiger partial charge in [0.2, 0.25) is 0 Å². The van der Waals surface area contributed by atoms with Crippen molar-refractivity contribution < 1.29 is 4.39 Å². The van der Waals surface area contributed by atoms with Crippen LogP contribution in [0.5, 0.6) is 0 Å². The predicted octanol–water partition coefficient (Wildman–Crippen LogP) is 3.64. The zero-order valence-electron chi connectivity index (χ0n) is 9.16. The Balaban J connectivity index is 1.92. The number of anilines is 1. The fraction of sp³-hybridized carbons (Fsp3) is 0.154. The summed E-state index contributed by atoms with van der Waals surface area (Å²) < 4.78 is 13.9. The lowest BCUT2D eigenvalue weighted by Gasteiger charge is -2.08. The first-order valence-electron chi connectivity index (χ1n) is 5.33. The Morgan fingerprint density at radius 2 is 1.94 bits per heavy atom. The number of benzene rings is 1. The van der Waals surface area contributed by atoms with Gasteiger partial charge in [0.25, 0.3) is 0 Å². The zero-order valence-corrected chi connectivity index (χ0v) is 10.7. The molecule has 0 fully saturated rings. The SMILES string of the molecule is Fc1ccc(Br)c(NCCc2ccncc2)c1. The Morgan fingerprint density at radius 3 is 2.71 bits per heavy atom. The summed E-state index contributed by atoms with van der Waals surface area (Å²) in [6, 6.07) is 8.56. The highest BCUT2D eigenvalue weighted by Crippen LogP contribution is 2.22. The minimum Gasteiger partial charge on any atom is -0.384 e. The molecule has 17 heavy (non-hydrogen) atoms. The topological polar surface area (TPSA) is 24.9 Å². The number of nitrogens with zero attached hydrogens (tertiary/aromatic N) is 1. The van der Waals surface area contributed by atoms with E-state index in [1.165, 1.54) is 17.7 Å². The van der Waals surface area contributed by atoms with Crippen LogP contribution in [0, 0.1) is 5.82 Å². The Labute approximate surface area is 108 Å². The van der Waals surface area contributed by atoms with Crippen molar-refractivity contribution in [2.24, 2.45) is 0 Å². The van der Waals surface area contributed by atoms with Crippen LogP contribution in [-0.4, -0.2) is 11.5 Å². The molecule has 2 aromatic rings. The van der Waals surface area contributed by atoms with Crippen LogP contribution in [-0.2, 0) is 6.42 Å². The van der Waals surface area contributed by atoms with Gasteiger partial charge in [-0.3, -0.25) is 4.98 Å². The summed E-state index contributed by atoms with van der Waals surface area (Å²) in [6.45, 7) is 0.756. The van der Waals surface area contributed by atoms with Crippen molar-refractivity contribution in [1.82, 2.24) is 4.98 Å². The normalized spacial score (nSPS) is 10.2. The standard InChI is InChI=1S/C13H12BrFN2/c14-12-2-1-11(15)9-13(12)17-8-5-10-3-6-16-7-4-10/h1-4,6-7,9,17H,5,8H2. The molecule has 2 rings (SSSR count). The molecule has 0 aliphatic carbocycles. The van der Waals surface area contributed by atoms with Gasteiger partial charge >= 0.3 is 0 Å². The fourth-order valence-corrected chi connectivity index (χ4v) is 1.91. The molecule has 0 atom stereocenters. The Morgan fingerprint density at radius 1 is 1.18 bits per heavy atom. The zero-order chi connectivity index (χ0) is 12.1. The summed E-state index contributed by atoms with van der Waals surface area (Å²) in [6.07, 6.45) is 4.42. The Bertz CT molecular complexity index is 488. The molecular formula is C13H12BrFN2. The summed E-state index contributed by atoms with van der Waals surface area (Å²) >= 11 is 3.38. The molecule has 0 radical (unpaired) electrons. The molecule has 0 bridgehead atoms. The van der Waals surface area contributed by atoms with Gasteiger partial charge in [0.1, 0.15) is 5.82 Å². The van der Waals surface area contributed by atoms with E-state index in [9.17, 15) is 4.39 Å². The first kappa shape index (κ1) is 12.0. The molecule has 0 unspecified atom stereocenters. The highest BCUT2D eigenvalue weighted by molar-refractivity contribution is 9.10. The monoisotopic (exact) mass is 294 g/mol. The van der Waals surface area contributed by atoms with Crippen LogP contribution in [0.3, 0.4) is 0 Å². The summed E-state index contributed by atoms with van der Waals surface area (Å²) in [7, 11) is 0. The van der Waals surface area contributed by atoms with Crippen LogP contribution in [0.25, 0.3) is 0 Å². The maximum absolute atomic E-state index is 13.0. The van der Waals surface area contributed by atoms with Crippen LogP contribution in [0.15, 0.2) is 47.2 Å². The van der Waals surface area contributed by atoms with E-state index in [4.69, 9.17) is 0 Å². The van der Waals surface area contributed by atoms with E-state index in [0.29, 0.717) is 0 Å². The van der Waals surface area contributed by atoms with Crippen LogP contribution in [0.2, 0.25) is 0 Å². The lowest BCUT2D eigenvalue weighted by molar-refractivity contribution is 0.628. The maximum atomic E-state index is 13.0. The Kier molecular flexibility index (Phi) is 4.09. The molecule has 0 aliphatic heterocycles. The van der Waals surface area contributed by atoms with Crippen molar-refractivity contribution in [1.29, 1.82) is 0 Å². The summed E-state index contributed by atoms with van der Waals surface area (Å²) in [5, 5.41) is 3.19. The molecule has 0 saturated carbocycles. The molecule has 0 amide bonds. The van der Waals surface area contributed by atoms with E-state index in [0.717, 1.165) is 23.1 Å². The van der Waals surface area contributed by atoms with Crippen LogP contribution in [0.4, 0.5) is 10.1 Å². The number of rotatable bonds is 4. The predicted molar refractivity (Wildman–Crippen MR) is 70.5 cm³/mol. The maximum Gasteiger partial charge on any atom is 0.125 e. The Hall–Kier alpha value is -1.42. The smallest absolute Gasteiger partial charge is 0.125 e. The first-order valence-corrected chi connectivity index (χ1v) is 6.13. The molecule has 2 nitrogen and oxygen atoms in total. The van der Waals surface area contributed by atoms with Crippen LogP contribution < -0.4 is 5.32 Å². The van der Waals surface area contributed by atoms with Gasteiger partial charge in [-0.05, 0) is 58.2 Å². The average molecular weight is 295 g/mol. The largest absolute Gasteiger partial charge is 0.384 e. The van der Waals surface area contributed by atoms with E-state index in [-0.39, 0.29) is 5.82 Å². The molecule has 1 N–H and O–H groups in total. The molecule has 88 valence electrons. The van der Waals surface area contributed by atoms with Gasteiger partial charge in [-0.25, -0.2) is 4.39 Å². The van der Waals surface area contributed by atoms with Crippen LogP contribution in [0.1, 0.15) is 5.56 Å². The molecule has 1 aromatic carbocycles. The minimum absolute atomic E-state index is 0.236. The summed E-state index contributed by atoms with van der Waals surface area (Å²) in [4.78, 5) is 3.96. The van der Waals surface area contributed by atoms with Crippen LogP contribution >= 0.6 is 15.9 Å². The summed E-state index contributed by atoms with van der Waals surface area (Å²) in [5.41, 5.74) is 1.99. The first-order chi connectivity index (χ1) is 8.25. The lowest BCUT2D eigenvalue weighted by Crippen LogP contribution is -2.05. The summed E-state index contributed by atoms with van der Waals surface area (Å²) in [5.74, 6) is -0.236. The van der Waals surface area contributed by atoms with Crippen molar-refractivity contribution in [2.45, 2.75) is 6.42 Å². The van der Waals surface area contributed by atoms with Gasteiger partial charge in [-0.2, -0.15) is 0 Å². The van der Waals surface area contributed by atoms with Gasteiger partial charge < -0.3 is 5.32 Å². The quantitative estimate of drug-likeness (QED) is 0.931. The molecule has 0 spiro atoms. The number of nitrogens with one attached hydrogen (secondary N) is 1. The molecule has 1 aromatic heterocycles. The second-order valence-electron chi connectivity index (χ2n) is 3.66. The molecule has 0 aliphatic rings. The van der Waals surface area contributed by atoms with Gasteiger partial charge in [0, 0.05) is 23.4 Å². The van der Waals surface area contributed by atoms with Crippen molar-refractivity contribution in [3.05, 3.63) is 58.6 Å². The number of hydrogen-bond donors (Lipinski definition) is 1. The number of pyridine rings is 1. The van der Waals surface area contributed by atoms with E-state index in [2.05, 4.69) is 26.2 Å². The van der Waals surface area contributed by atoms with E-state index in [1.54, 1.807) is 18.5 Å². The van der Waals surface area contributed by atoms with E-state index < -0.39 is 0 Å². The van der Waals surface area contributed by atoms with Gasteiger partial charge in [0.05, 0.1) is 5.69 Å². The second kappa shape index (κ2) is 5.77. The van der Waals surface area contributed by atoms with Gasteiger partial charge in [-0.15, -0.1) is 0 Å². The average Bonchev–Trinajstić information content (AvgIpc) is 2.35. The van der Waals surface area contributed by atoms with Crippen molar-refractivity contribution in [3.63, 3.8) is 0 Å². The van der Waals surface area contributed by atoms with Crippen molar-refractivity contribution in [2.75, 3.05) is 11.9 Å². The van der Waals surface area contributed by atoms with Gasteiger partial charge in [-0.1, -0.05) is 0 Å². The van der Waals surface area contributed by atoms with Crippen molar-refractivity contribution in [3.8, 4) is 0 Å². The van der Waals surface area contributed by atoms with E-state index >= 15 is 0 Å². The lowest BCUT2D eigenvalue weighted by atomic mass is 10.2. The third kappa shape index (κ3) is 3.53. The molecule has 1 heterocycles.